The van der Waals surface area contributed by atoms with Crippen LogP contribution in [-0.2, 0) is 11.2 Å². The van der Waals surface area contributed by atoms with Gasteiger partial charge in [-0.3, -0.25) is 15.1 Å². The maximum Gasteiger partial charge on any atom is 0.266 e. The van der Waals surface area contributed by atoms with Crippen LogP contribution in [0.15, 0.2) is 53.5 Å². The Kier molecular flexibility index (Phi) is 3.05. The monoisotopic (exact) mass is 291 g/mol. The van der Waals surface area contributed by atoms with Crippen molar-refractivity contribution in [1.29, 1.82) is 0 Å². The van der Waals surface area contributed by atoms with Gasteiger partial charge in [-0.05, 0) is 19.0 Å². The molecule has 2 aromatic carbocycles. The molecule has 22 heavy (non-hydrogen) atoms. The number of benzene rings is 2. The maximum absolute atomic E-state index is 12.7. The second kappa shape index (κ2) is 5.07. The lowest BCUT2D eigenvalue weighted by molar-refractivity contribution is -0.120. The number of likely N-dealkylation sites (N-methyl/N-ethyl adjacent to an activating group) is 1. The van der Waals surface area contributed by atoms with E-state index in [1.54, 1.807) is 7.05 Å². The van der Waals surface area contributed by atoms with Crippen molar-refractivity contribution in [3.8, 4) is 0 Å². The molecular formula is C18H17N3O. The Morgan fingerprint density at radius 2 is 1.95 bits per heavy atom. The predicted molar refractivity (Wildman–Crippen MR) is 87.4 cm³/mol. The van der Waals surface area contributed by atoms with E-state index in [9.17, 15) is 4.79 Å². The Morgan fingerprint density at radius 3 is 2.73 bits per heavy atom. The number of carbonyl (C=O) groups excluding carboxylic acids is 1. The highest BCUT2D eigenvalue weighted by atomic mass is 16.2. The summed E-state index contributed by atoms with van der Waals surface area (Å²) in [6, 6.07) is 16.3. The Balaban J connectivity index is 1.98. The maximum atomic E-state index is 12.7. The van der Waals surface area contributed by atoms with Crippen LogP contribution < -0.4 is 10.2 Å². The molecule has 4 rings (SSSR count). The third-order valence-electron chi connectivity index (χ3n) is 4.33. The van der Waals surface area contributed by atoms with Gasteiger partial charge in [-0.1, -0.05) is 48.5 Å². The lowest BCUT2D eigenvalue weighted by atomic mass is 9.98. The average Bonchev–Trinajstić information content (AvgIpc) is 2.95. The van der Waals surface area contributed by atoms with Crippen molar-refractivity contribution in [3.63, 3.8) is 0 Å². The molecule has 2 aliphatic rings. The predicted octanol–water partition coefficient (Wildman–Crippen LogP) is 1.97. The van der Waals surface area contributed by atoms with Gasteiger partial charge in [-0.2, -0.15) is 0 Å². The Labute approximate surface area is 129 Å². The quantitative estimate of drug-likeness (QED) is 0.919. The first-order valence-electron chi connectivity index (χ1n) is 7.53. The van der Waals surface area contributed by atoms with E-state index in [-0.39, 0.29) is 5.91 Å². The van der Waals surface area contributed by atoms with Crippen molar-refractivity contribution >= 4 is 17.3 Å². The van der Waals surface area contributed by atoms with Gasteiger partial charge in [0.2, 0.25) is 0 Å². The zero-order valence-electron chi connectivity index (χ0n) is 12.4. The SMILES string of the molecule is CNC1N=C(c2ccccc2)c2cccc3c2N(CC3)C1=O. The number of rotatable bonds is 2. The van der Waals surface area contributed by atoms with Crippen molar-refractivity contribution in [2.24, 2.45) is 4.99 Å². The van der Waals surface area contributed by atoms with Gasteiger partial charge in [0.15, 0.2) is 6.17 Å². The van der Waals surface area contributed by atoms with E-state index in [4.69, 9.17) is 4.99 Å². The van der Waals surface area contributed by atoms with Crippen molar-refractivity contribution in [3.05, 3.63) is 65.2 Å². The molecule has 0 saturated heterocycles. The van der Waals surface area contributed by atoms with Crippen molar-refractivity contribution < 1.29 is 4.79 Å². The van der Waals surface area contributed by atoms with Crippen molar-refractivity contribution in [1.82, 2.24) is 5.32 Å². The first-order chi connectivity index (χ1) is 10.8. The molecule has 4 nitrogen and oxygen atoms in total. The minimum absolute atomic E-state index is 0.0274. The summed E-state index contributed by atoms with van der Waals surface area (Å²) in [7, 11) is 1.78. The van der Waals surface area contributed by atoms with Crippen molar-refractivity contribution in [2.45, 2.75) is 12.6 Å². The number of hydrogen-bond acceptors (Lipinski definition) is 3. The molecule has 0 spiro atoms. The summed E-state index contributed by atoms with van der Waals surface area (Å²) in [6.07, 6.45) is 0.376. The molecule has 0 saturated carbocycles. The van der Waals surface area contributed by atoms with E-state index in [0.717, 1.165) is 35.5 Å². The van der Waals surface area contributed by atoms with Crippen LogP contribution in [0.4, 0.5) is 5.69 Å². The fourth-order valence-electron chi connectivity index (χ4n) is 3.28. The zero-order chi connectivity index (χ0) is 15.1. The fourth-order valence-corrected chi connectivity index (χ4v) is 3.28. The van der Waals surface area contributed by atoms with Gasteiger partial charge >= 0.3 is 0 Å². The molecule has 0 radical (unpaired) electrons. The van der Waals surface area contributed by atoms with Gasteiger partial charge in [-0.15, -0.1) is 0 Å². The number of carbonyl (C=O) groups is 1. The lowest BCUT2D eigenvalue weighted by Gasteiger charge is -2.19. The number of hydrogen-bond donors (Lipinski definition) is 1. The second-order valence-electron chi connectivity index (χ2n) is 5.59. The number of aliphatic imine (C=N–C) groups is 1. The van der Waals surface area contributed by atoms with Crippen LogP contribution in [0.25, 0.3) is 0 Å². The largest absolute Gasteiger partial charge is 0.308 e. The number of nitrogens with one attached hydrogen (secondary N) is 1. The summed E-state index contributed by atoms with van der Waals surface area (Å²) >= 11 is 0. The molecule has 1 N–H and O–H groups in total. The molecule has 110 valence electrons. The zero-order valence-corrected chi connectivity index (χ0v) is 12.4. The summed E-state index contributed by atoms with van der Waals surface area (Å²) < 4.78 is 0. The normalized spacial score (nSPS) is 19.7. The van der Waals surface area contributed by atoms with E-state index in [1.165, 1.54) is 5.56 Å². The summed E-state index contributed by atoms with van der Waals surface area (Å²) in [5, 5.41) is 3.04. The molecule has 2 aromatic rings. The summed E-state index contributed by atoms with van der Waals surface area (Å²) in [5.74, 6) is 0.0274. The lowest BCUT2D eigenvalue weighted by Crippen LogP contribution is -2.43. The number of nitrogens with zero attached hydrogens (tertiary/aromatic N) is 2. The second-order valence-corrected chi connectivity index (χ2v) is 5.59. The molecule has 0 bridgehead atoms. The van der Waals surface area contributed by atoms with Crippen LogP contribution in [0.1, 0.15) is 16.7 Å². The van der Waals surface area contributed by atoms with E-state index in [0.29, 0.717) is 0 Å². The highest BCUT2D eigenvalue weighted by Gasteiger charge is 2.35. The van der Waals surface area contributed by atoms with Gasteiger partial charge in [0.1, 0.15) is 0 Å². The van der Waals surface area contributed by atoms with Crippen LogP contribution in [0.5, 0.6) is 0 Å². The van der Waals surface area contributed by atoms with Crippen LogP contribution in [0.2, 0.25) is 0 Å². The van der Waals surface area contributed by atoms with E-state index >= 15 is 0 Å². The standard InChI is InChI=1S/C18H17N3O/c1-19-17-18(22)21-11-10-13-8-5-9-14(16(13)21)15(20-17)12-6-3-2-4-7-12/h2-9,17,19H,10-11H2,1H3. The molecule has 0 fully saturated rings. The van der Waals surface area contributed by atoms with E-state index in [1.807, 2.05) is 35.2 Å². The average molecular weight is 291 g/mol. The van der Waals surface area contributed by atoms with Crippen LogP contribution >= 0.6 is 0 Å². The van der Waals surface area contributed by atoms with Crippen LogP contribution in [0, 0.1) is 0 Å². The van der Waals surface area contributed by atoms with E-state index < -0.39 is 6.17 Å². The highest BCUT2D eigenvalue weighted by Crippen LogP contribution is 2.35. The molecular weight excluding hydrogens is 274 g/mol. The highest BCUT2D eigenvalue weighted by molar-refractivity contribution is 6.20. The minimum atomic E-state index is -0.534. The summed E-state index contributed by atoms with van der Waals surface area (Å²) in [5.41, 5.74) is 5.23. The van der Waals surface area contributed by atoms with Gasteiger partial charge < -0.3 is 4.90 Å². The van der Waals surface area contributed by atoms with E-state index in [2.05, 4.69) is 23.5 Å². The number of anilines is 1. The van der Waals surface area contributed by atoms with Crippen LogP contribution in [-0.4, -0.2) is 31.4 Å². The third-order valence-corrected chi connectivity index (χ3v) is 4.33. The van der Waals surface area contributed by atoms with Crippen molar-refractivity contribution in [2.75, 3.05) is 18.5 Å². The summed E-state index contributed by atoms with van der Waals surface area (Å²) in [4.78, 5) is 19.3. The Morgan fingerprint density at radius 1 is 1.14 bits per heavy atom. The van der Waals surface area contributed by atoms with Gasteiger partial charge in [0.25, 0.3) is 5.91 Å². The molecule has 2 heterocycles. The van der Waals surface area contributed by atoms with Crippen LogP contribution in [0.3, 0.4) is 0 Å². The van der Waals surface area contributed by atoms with Gasteiger partial charge in [0, 0.05) is 17.7 Å². The first-order valence-corrected chi connectivity index (χ1v) is 7.53. The molecule has 0 aromatic heterocycles. The van der Waals surface area contributed by atoms with Gasteiger partial charge in [0.05, 0.1) is 11.4 Å². The molecule has 1 unspecified atom stereocenters. The first kappa shape index (κ1) is 13.2. The molecule has 2 aliphatic heterocycles. The molecule has 1 atom stereocenters. The number of amides is 1. The fraction of sp³-hybridized carbons (Fsp3) is 0.222. The molecule has 1 amide bonds. The Bertz CT molecular complexity index is 767. The smallest absolute Gasteiger partial charge is 0.266 e. The molecule has 4 heteroatoms. The number of para-hydroxylation sites is 1. The molecule has 0 aliphatic carbocycles. The minimum Gasteiger partial charge on any atom is -0.308 e. The van der Waals surface area contributed by atoms with Gasteiger partial charge in [-0.25, -0.2) is 0 Å². The Hall–Kier alpha value is -2.46. The third kappa shape index (κ3) is 1.88. The summed E-state index contributed by atoms with van der Waals surface area (Å²) in [6.45, 7) is 0.737. The topological polar surface area (TPSA) is 44.7 Å².